The van der Waals surface area contributed by atoms with Crippen molar-refractivity contribution >= 4 is 37.1 Å². The summed E-state index contributed by atoms with van der Waals surface area (Å²) in [4.78, 5) is 1.01. The number of sulfonamides is 2. The molecular weight excluding hydrogens is 452 g/mol. The maximum absolute atomic E-state index is 12.8. The van der Waals surface area contributed by atoms with Gasteiger partial charge in [0.1, 0.15) is 0 Å². The van der Waals surface area contributed by atoms with Crippen LogP contribution in [-0.4, -0.2) is 34.2 Å². The molecule has 0 radical (unpaired) electrons. The van der Waals surface area contributed by atoms with Gasteiger partial charge >= 0.3 is 0 Å². The first kappa shape index (κ1) is 21.6. The summed E-state index contributed by atoms with van der Waals surface area (Å²) in [5.41, 5.74) is 1.06. The third kappa shape index (κ3) is 4.99. The number of hydrogen-bond donors (Lipinski definition) is 1. The van der Waals surface area contributed by atoms with Gasteiger partial charge in [0.05, 0.1) is 20.4 Å². The van der Waals surface area contributed by atoms with E-state index in [4.69, 9.17) is 0 Å². The van der Waals surface area contributed by atoms with E-state index < -0.39 is 20.0 Å². The average molecular weight is 473 g/mol. The molecule has 1 aromatic heterocycles. The molecule has 6 nitrogen and oxygen atoms in total. The van der Waals surface area contributed by atoms with Gasteiger partial charge in [0, 0.05) is 18.7 Å². The van der Waals surface area contributed by atoms with Crippen LogP contribution in [0.2, 0.25) is 0 Å². The van der Waals surface area contributed by atoms with Gasteiger partial charge in [-0.25, -0.2) is 16.8 Å². The van der Waals surface area contributed by atoms with Crippen LogP contribution in [0.5, 0.6) is 0 Å². The van der Waals surface area contributed by atoms with E-state index in [1.807, 2.05) is 17.5 Å². The van der Waals surface area contributed by atoms with E-state index in [2.05, 4.69) is 16.6 Å². The molecule has 1 fully saturated rings. The maximum Gasteiger partial charge on any atom is 0.261 e. The van der Waals surface area contributed by atoms with Crippen molar-refractivity contribution < 1.29 is 16.8 Å². The molecule has 31 heavy (non-hydrogen) atoms. The zero-order valence-corrected chi connectivity index (χ0v) is 18.9. The monoisotopic (exact) mass is 472 g/mol. The van der Waals surface area contributed by atoms with Gasteiger partial charge in [-0.15, -0.1) is 11.3 Å². The lowest BCUT2D eigenvalue weighted by Crippen LogP contribution is -2.27. The average Bonchev–Trinajstić information content (AvgIpc) is 3.47. The molecule has 160 valence electrons. The Labute approximate surface area is 186 Å². The van der Waals surface area contributed by atoms with Gasteiger partial charge < -0.3 is 0 Å². The fourth-order valence-corrected chi connectivity index (χ4v) is 6.36. The van der Waals surface area contributed by atoms with Crippen molar-refractivity contribution in [3.63, 3.8) is 0 Å². The van der Waals surface area contributed by atoms with Crippen molar-refractivity contribution in [3.8, 4) is 11.8 Å². The molecule has 0 atom stereocenters. The maximum atomic E-state index is 12.8. The van der Waals surface area contributed by atoms with E-state index in [0.717, 1.165) is 17.7 Å². The fourth-order valence-electron chi connectivity index (χ4n) is 3.23. The molecule has 0 amide bonds. The molecule has 0 unspecified atom stereocenters. The highest BCUT2D eigenvalue weighted by atomic mass is 32.2. The van der Waals surface area contributed by atoms with Gasteiger partial charge in [-0.2, -0.15) is 4.31 Å². The van der Waals surface area contributed by atoms with Crippen molar-refractivity contribution in [2.24, 2.45) is 0 Å². The Balaban J connectivity index is 1.52. The Bertz CT molecular complexity index is 1330. The van der Waals surface area contributed by atoms with Crippen LogP contribution in [0, 0.1) is 11.8 Å². The first-order valence-electron chi connectivity index (χ1n) is 9.63. The lowest BCUT2D eigenvalue weighted by atomic mass is 10.2. The summed E-state index contributed by atoms with van der Waals surface area (Å²) in [5.74, 6) is 6.05. The number of nitrogens with zero attached hydrogens (tertiary/aromatic N) is 1. The lowest BCUT2D eigenvalue weighted by Gasteiger charge is -2.15. The highest BCUT2D eigenvalue weighted by Gasteiger charge is 2.27. The molecular formula is C22H20N2O4S3. The van der Waals surface area contributed by atoms with Gasteiger partial charge in [0.2, 0.25) is 10.0 Å². The van der Waals surface area contributed by atoms with Crippen molar-refractivity contribution in [3.05, 3.63) is 76.5 Å². The molecule has 2 heterocycles. The topological polar surface area (TPSA) is 83.5 Å². The molecule has 1 aliphatic rings. The van der Waals surface area contributed by atoms with Crippen LogP contribution in [0.4, 0.5) is 5.69 Å². The van der Waals surface area contributed by atoms with Crippen LogP contribution in [0.1, 0.15) is 23.3 Å². The van der Waals surface area contributed by atoms with Crippen molar-refractivity contribution in [2.75, 3.05) is 17.8 Å². The summed E-state index contributed by atoms with van der Waals surface area (Å²) in [6.45, 7) is 0.991. The van der Waals surface area contributed by atoms with Crippen LogP contribution in [0.25, 0.3) is 0 Å². The van der Waals surface area contributed by atoms with Crippen molar-refractivity contribution in [1.29, 1.82) is 0 Å². The molecule has 3 aromatic rings. The standard InChI is InChI=1S/C22H20N2O4S3/c25-30(26,21-10-12-22(13-11-21)31(27,28)24-14-1-2-15-24)23-19-6-3-5-18(17-19)8-9-20-7-4-16-29-20/h3-7,10-13,16-17,23H,1-2,14-15H2. The summed E-state index contributed by atoms with van der Waals surface area (Å²) in [5, 5.41) is 1.94. The highest BCUT2D eigenvalue weighted by molar-refractivity contribution is 7.92. The molecule has 1 N–H and O–H groups in total. The van der Waals surface area contributed by atoms with Crippen LogP contribution in [-0.2, 0) is 20.0 Å². The second kappa shape index (κ2) is 8.85. The van der Waals surface area contributed by atoms with Crippen molar-refractivity contribution in [1.82, 2.24) is 4.31 Å². The summed E-state index contributed by atoms with van der Waals surface area (Å²) in [6.07, 6.45) is 1.68. The Hall–Kier alpha value is -2.64. The first-order chi connectivity index (χ1) is 14.8. The number of benzene rings is 2. The van der Waals surface area contributed by atoms with Gasteiger partial charge in [-0.05, 0) is 66.8 Å². The quantitative estimate of drug-likeness (QED) is 0.574. The van der Waals surface area contributed by atoms with E-state index in [1.165, 1.54) is 39.9 Å². The van der Waals surface area contributed by atoms with Gasteiger partial charge in [-0.1, -0.05) is 24.0 Å². The summed E-state index contributed by atoms with van der Waals surface area (Å²) >= 11 is 1.53. The van der Waals surface area contributed by atoms with Crippen LogP contribution >= 0.6 is 11.3 Å². The summed E-state index contributed by atoms with van der Waals surface area (Å²) in [6, 6.07) is 16.0. The second-order valence-corrected chi connectivity index (χ2v) is 11.6. The molecule has 0 saturated carbocycles. The SMILES string of the molecule is O=S(=O)(Nc1cccc(C#Cc2cccs2)c1)c1ccc(S(=O)(=O)N2CCCC2)cc1. The Morgan fingerprint density at radius 2 is 1.55 bits per heavy atom. The smallest absolute Gasteiger partial charge is 0.261 e. The number of anilines is 1. The fraction of sp³-hybridized carbons (Fsp3) is 0.182. The minimum Gasteiger partial charge on any atom is -0.280 e. The van der Waals surface area contributed by atoms with Gasteiger partial charge in [-0.3, -0.25) is 4.72 Å². The zero-order valence-electron chi connectivity index (χ0n) is 16.5. The Kier molecular flexibility index (Phi) is 6.16. The van der Waals surface area contributed by atoms with Crippen molar-refractivity contribution in [2.45, 2.75) is 22.6 Å². The van der Waals surface area contributed by atoms with E-state index in [9.17, 15) is 16.8 Å². The van der Waals surface area contributed by atoms with Gasteiger partial charge in [0.15, 0.2) is 0 Å². The second-order valence-electron chi connectivity index (χ2n) is 7.00. The van der Waals surface area contributed by atoms with Crippen LogP contribution in [0.15, 0.2) is 75.8 Å². The van der Waals surface area contributed by atoms with Crippen LogP contribution in [0.3, 0.4) is 0 Å². The van der Waals surface area contributed by atoms with Crippen LogP contribution < -0.4 is 4.72 Å². The highest BCUT2D eigenvalue weighted by Crippen LogP contribution is 2.23. The Morgan fingerprint density at radius 1 is 0.839 bits per heavy atom. The molecule has 0 aliphatic carbocycles. The molecule has 0 spiro atoms. The molecule has 4 rings (SSSR count). The first-order valence-corrected chi connectivity index (χ1v) is 13.4. The van der Waals surface area contributed by atoms with E-state index >= 15 is 0 Å². The van der Waals surface area contributed by atoms with E-state index in [-0.39, 0.29) is 9.79 Å². The van der Waals surface area contributed by atoms with E-state index in [1.54, 1.807) is 24.3 Å². The van der Waals surface area contributed by atoms with Gasteiger partial charge in [0.25, 0.3) is 10.0 Å². The largest absolute Gasteiger partial charge is 0.280 e. The minimum absolute atomic E-state index is 0.0112. The summed E-state index contributed by atoms with van der Waals surface area (Å²) in [7, 11) is -7.46. The molecule has 1 aliphatic heterocycles. The molecule has 1 saturated heterocycles. The number of rotatable bonds is 5. The minimum atomic E-state index is -3.87. The number of nitrogens with one attached hydrogen (secondary N) is 1. The third-order valence-electron chi connectivity index (χ3n) is 4.80. The van der Waals surface area contributed by atoms with E-state index in [0.29, 0.717) is 24.3 Å². The number of hydrogen-bond acceptors (Lipinski definition) is 5. The molecule has 2 aromatic carbocycles. The zero-order chi connectivity index (χ0) is 21.9. The molecule has 9 heteroatoms. The Morgan fingerprint density at radius 3 is 2.23 bits per heavy atom. The lowest BCUT2D eigenvalue weighted by molar-refractivity contribution is 0.477. The molecule has 0 bridgehead atoms. The number of thiophene rings is 1. The predicted octanol–water partition coefficient (Wildman–Crippen LogP) is 3.73. The third-order valence-corrected chi connectivity index (χ3v) is 8.90. The summed E-state index contributed by atoms with van der Waals surface area (Å²) < 4.78 is 54.7. The normalized spacial score (nSPS) is 14.7. The predicted molar refractivity (Wildman–Crippen MR) is 122 cm³/mol.